The molecule has 0 aromatic carbocycles. The second-order valence-electron chi connectivity index (χ2n) is 11.9. The van der Waals surface area contributed by atoms with E-state index in [1.165, 1.54) is 148 Å². The molecule has 1 atom stereocenters. The Morgan fingerprint density at radius 1 is 0.514 bits per heavy atom. The lowest BCUT2D eigenvalue weighted by Crippen LogP contribution is -2.45. The average molecular weight is 524 g/mol. The van der Waals surface area contributed by atoms with Crippen molar-refractivity contribution in [2.45, 2.75) is 200 Å². The van der Waals surface area contributed by atoms with Crippen LogP contribution in [0.3, 0.4) is 0 Å². The first-order valence-electron chi connectivity index (χ1n) is 17.0. The summed E-state index contributed by atoms with van der Waals surface area (Å²) in [5.74, 6) is 0.00693. The lowest BCUT2D eigenvalue weighted by Gasteiger charge is -2.33. The van der Waals surface area contributed by atoms with Crippen molar-refractivity contribution >= 4 is 5.97 Å². The standard InChI is InChI=1S/C34H69NO2/c1-5-8-11-14-16-18-19-20-21-23-25-28-31-37-33(36)32-34(35-4,29-26-13-10-7-3)30-27-24-22-17-15-12-9-6-2/h35H,5-32H2,1-4H3. The molecule has 3 nitrogen and oxygen atoms in total. The van der Waals surface area contributed by atoms with Gasteiger partial charge in [-0.2, -0.15) is 0 Å². The molecule has 3 heteroatoms. The third-order valence-electron chi connectivity index (χ3n) is 8.29. The van der Waals surface area contributed by atoms with E-state index in [9.17, 15) is 4.79 Å². The van der Waals surface area contributed by atoms with E-state index < -0.39 is 0 Å². The van der Waals surface area contributed by atoms with Crippen molar-refractivity contribution in [1.29, 1.82) is 0 Å². The molecule has 0 fully saturated rings. The molecule has 0 aromatic rings. The fourth-order valence-electron chi connectivity index (χ4n) is 5.58. The summed E-state index contributed by atoms with van der Waals surface area (Å²) in [5.41, 5.74) is -0.0798. The van der Waals surface area contributed by atoms with Gasteiger partial charge in [-0.1, -0.05) is 168 Å². The van der Waals surface area contributed by atoms with Gasteiger partial charge in [-0.15, -0.1) is 0 Å². The van der Waals surface area contributed by atoms with Crippen molar-refractivity contribution in [3.63, 3.8) is 0 Å². The maximum absolute atomic E-state index is 12.8. The van der Waals surface area contributed by atoms with Crippen LogP contribution in [-0.4, -0.2) is 25.2 Å². The summed E-state index contributed by atoms with van der Waals surface area (Å²) in [7, 11) is 2.06. The van der Waals surface area contributed by atoms with Crippen molar-refractivity contribution in [2.24, 2.45) is 0 Å². The highest BCUT2D eigenvalue weighted by atomic mass is 16.5. The number of hydrogen-bond acceptors (Lipinski definition) is 3. The van der Waals surface area contributed by atoms with Crippen LogP contribution in [0.15, 0.2) is 0 Å². The van der Waals surface area contributed by atoms with Gasteiger partial charge in [0.05, 0.1) is 13.0 Å². The largest absolute Gasteiger partial charge is 0.466 e. The lowest BCUT2D eigenvalue weighted by molar-refractivity contribution is -0.145. The van der Waals surface area contributed by atoms with Gasteiger partial charge in [-0.25, -0.2) is 0 Å². The van der Waals surface area contributed by atoms with Gasteiger partial charge in [0.25, 0.3) is 0 Å². The van der Waals surface area contributed by atoms with Crippen LogP contribution in [-0.2, 0) is 9.53 Å². The summed E-state index contributed by atoms with van der Waals surface area (Å²) in [4.78, 5) is 12.8. The highest BCUT2D eigenvalue weighted by Crippen LogP contribution is 2.27. The third-order valence-corrected chi connectivity index (χ3v) is 8.29. The normalized spacial score (nSPS) is 13.1. The van der Waals surface area contributed by atoms with Gasteiger partial charge in [0.2, 0.25) is 0 Å². The first kappa shape index (κ1) is 36.4. The second-order valence-corrected chi connectivity index (χ2v) is 11.9. The van der Waals surface area contributed by atoms with Gasteiger partial charge in [-0.3, -0.25) is 4.79 Å². The predicted octanol–water partition coefficient (Wildman–Crippen LogP) is 11.1. The minimum Gasteiger partial charge on any atom is -0.466 e. The highest BCUT2D eigenvalue weighted by Gasteiger charge is 2.30. The molecule has 0 aliphatic carbocycles. The highest BCUT2D eigenvalue weighted by molar-refractivity contribution is 5.70. The molecule has 0 saturated heterocycles. The van der Waals surface area contributed by atoms with Crippen LogP contribution < -0.4 is 5.32 Å². The van der Waals surface area contributed by atoms with Crippen LogP contribution in [0.5, 0.6) is 0 Å². The molecule has 0 aliphatic rings. The van der Waals surface area contributed by atoms with E-state index in [0.29, 0.717) is 13.0 Å². The van der Waals surface area contributed by atoms with Gasteiger partial charge in [0.1, 0.15) is 0 Å². The molecule has 0 saturated carbocycles. The van der Waals surface area contributed by atoms with Crippen molar-refractivity contribution in [3.8, 4) is 0 Å². The first-order valence-corrected chi connectivity index (χ1v) is 17.0. The first-order chi connectivity index (χ1) is 18.1. The minimum atomic E-state index is -0.0798. The smallest absolute Gasteiger partial charge is 0.307 e. The maximum atomic E-state index is 12.8. The Bertz CT molecular complexity index is 467. The summed E-state index contributed by atoms with van der Waals surface area (Å²) >= 11 is 0. The third kappa shape index (κ3) is 24.2. The topological polar surface area (TPSA) is 38.3 Å². The van der Waals surface area contributed by atoms with E-state index in [1.807, 2.05) is 0 Å². The quantitative estimate of drug-likeness (QED) is 0.0751. The molecule has 0 aliphatic heterocycles. The minimum absolute atomic E-state index is 0.00693. The SMILES string of the molecule is CCCCCCCCCCCCCCOC(=O)CC(CCCCCC)(CCCCCCCCCC)NC. The van der Waals surface area contributed by atoms with Gasteiger partial charge < -0.3 is 10.1 Å². The van der Waals surface area contributed by atoms with Crippen LogP contribution in [0.25, 0.3) is 0 Å². The number of carbonyl (C=O) groups excluding carboxylic acids is 1. The monoisotopic (exact) mass is 524 g/mol. The Hall–Kier alpha value is -0.570. The summed E-state index contributed by atoms with van der Waals surface area (Å²) in [5, 5.41) is 3.59. The van der Waals surface area contributed by atoms with Crippen molar-refractivity contribution in [2.75, 3.05) is 13.7 Å². The number of esters is 1. The molecule has 222 valence electrons. The number of carbonyl (C=O) groups is 1. The van der Waals surface area contributed by atoms with Gasteiger partial charge in [-0.05, 0) is 26.3 Å². The molecule has 0 radical (unpaired) electrons. The van der Waals surface area contributed by atoms with E-state index >= 15 is 0 Å². The van der Waals surface area contributed by atoms with Crippen LogP contribution >= 0.6 is 0 Å². The molecule has 0 amide bonds. The Labute approximate surface area is 234 Å². The van der Waals surface area contributed by atoms with E-state index in [0.717, 1.165) is 19.3 Å². The maximum Gasteiger partial charge on any atom is 0.307 e. The number of rotatable bonds is 30. The van der Waals surface area contributed by atoms with Crippen LogP contribution in [0.2, 0.25) is 0 Å². The molecule has 0 spiro atoms. The molecular weight excluding hydrogens is 454 g/mol. The summed E-state index contributed by atoms with van der Waals surface area (Å²) in [6, 6.07) is 0. The summed E-state index contributed by atoms with van der Waals surface area (Å²) in [6.45, 7) is 7.43. The summed E-state index contributed by atoms with van der Waals surface area (Å²) < 4.78 is 5.72. The number of ether oxygens (including phenoxy) is 1. The van der Waals surface area contributed by atoms with Gasteiger partial charge >= 0.3 is 5.97 Å². The van der Waals surface area contributed by atoms with Crippen molar-refractivity contribution in [1.82, 2.24) is 5.32 Å². The molecule has 0 aromatic heterocycles. The number of nitrogens with one attached hydrogen (secondary N) is 1. The van der Waals surface area contributed by atoms with Crippen molar-refractivity contribution in [3.05, 3.63) is 0 Å². The Balaban J connectivity index is 4.11. The lowest BCUT2D eigenvalue weighted by atomic mass is 9.83. The zero-order valence-corrected chi connectivity index (χ0v) is 26.1. The fraction of sp³-hybridized carbons (Fsp3) is 0.971. The summed E-state index contributed by atoms with van der Waals surface area (Å²) in [6.07, 6.45) is 34.4. The van der Waals surface area contributed by atoms with Gasteiger partial charge in [0, 0.05) is 5.54 Å². The fourth-order valence-corrected chi connectivity index (χ4v) is 5.58. The van der Waals surface area contributed by atoms with Crippen LogP contribution in [0.4, 0.5) is 0 Å². The van der Waals surface area contributed by atoms with E-state index in [-0.39, 0.29) is 11.5 Å². The molecule has 1 N–H and O–H groups in total. The molecule has 0 bridgehead atoms. The Morgan fingerprint density at radius 2 is 0.838 bits per heavy atom. The molecule has 37 heavy (non-hydrogen) atoms. The van der Waals surface area contributed by atoms with Crippen LogP contribution in [0.1, 0.15) is 194 Å². The zero-order valence-electron chi connectivity index (χ0n) is 26.1. The van der Waals surface area contributed by atoms with E-state index in [1.54, 1.807) is 0 Å². The van der Waals surface area contributed by atoms with Crippen LogP contribution in [0, 0.1) is 0 Å². The molecular formula is C34H69NO2. The second kappa shape index (κ2) is 28.4. The number of unbranched alkanes of at least 4 members (excludes halogenated alkanes) is 21. The average Bonchev–Trinajstić information content (AvgIpc) is 2.90. The van der Waals surface area contributed by atoms with Crippen molar-refractivity contribution < 1.29 is 9.53 Å². The molecule has 0 heterocycles. The Kier molecular flexibility index (Phi) is 28.0. The number of hydrogen-bond donors (Lipinski definition) is 1. The predicted molar refractivity (Wildman–Crippen MR) is 164 cm³/mol. The zero-order chi connectivity index (χ0) is 27.3. The molecule has 1 unspecified atom stereocenters. The molecule has 0 rings (SSSR count). The van der Waals surface area contributed by atoms with E-state index in [4.69, 9.17) is 4.74 Å². The Morgan fingerprint density at radius 3 is 1.22 bits per heavy atom. The van der Waals surface area contributed by atoms with E-state index in [2.05, 4.69) is 33.1 Å². The van der Waals surface area contributed by atoms with Gasteiger partial charge in [0.15, 0.2) is 0 Å².